The van der Waals surface area contributed by atoms with E-state index in [0.717, 1.165) is 31.8 Å². The molecule has 1 aliphatic rings. The lowest BCUT2D eigenvalue weighted by atomic mass is 10.1. The van der Waals surface area contributed by atoms with Crippen molar-refractivity contribution in [3.8, 4) is 6.07 Å². The molecule has 1 fully saturated rings. The first kappa shape index (κ1) is 18.3. The Labute approximate surface area is 151 Å². The molecule has 6 heteroatoms. The second-order valence-electron chi connectivity index (χ2n) is 6.53. The molecule has 0 spiro atoms. The molecule has 0 radical (unpaired) electrons. The fourth-order valence-corrected chi connectivity index (χ4v) is 3.25. The molecule has 3 nitrogen and oxygen atoms in total. The molecule has 0 N–H and O–H groups in total. The molecule has 1 aliphatic heterocycles. The third kappa shape index (κ3) is 4.00. The van der Waals surface area contributed by atoms with Crippen LogP contribution in [0, 0.1) is 18.3 Å². The summed E-state index contributed by atoms with van der Waals surface area (Å²) < 4.78 is 38.5. The van der Waals surface area contributed by atoms with E-state index >= 15 is 0 Å². The Morgan fingerprint density at radius 1 is 1.04 bits per heavy atom. The van der Waals surface area contributed by atoms with Gasteiger partial charge in [-0.2, -0.15) is 18.4 Å². The van der Waals surface area contributed by atoms with Gasteiger partial charge in [0.05, 0.1) is 16.8 Å². The highest BCUT2D eigenvalue weighted by Crippen LogP contribution is 2.33. The van der Waals surface area contributed by atoms with Gasteiger partial charge in [0.1, 0.15) is 6.07 Å². The highest BCUT2D eigenvalue weighted by atomic mass is 19.4. The topological polar surface area (TPSA) is 30.3 Å². The van der Waals surface area contributed by atoms with Crippen molar-refractivity contribution in [2.75, 3.05) is 31.1 Å². The number of halogens is 3. The third-order valence-corrected chi connectivity index (χ3v) is 4.81. The average Bonchev–Trinajstić information content (AvgIpc) is 2.63. The summed E-state index contributed by atoms with van der Waals surface area (Å²) in [5, 5.41) is 9.26. The average molecular weight is 359 g/mol. The number of nitriles is 1. The molecule has 1 saturated heterocycles. The zero-order valence-electron chi connectivity index (χ0n) is 14.6. The molecule has 0 atom stereocenters. The second-order valence-corrected chi connectivity index (χ2v) is 6.53. The van der Waals surface area contributed by atoms with E-state index in [1.807, 2.05) is 23.1 Å². The minimum atomic E-state index is -4.43. The van der Waals surface area contributed by atoms with Crippen molar-refractivity contribution >= 4 is 5.69 Å². The molecule has 0 aliphatic carbocycles. The largest absolute Gasteiger partial charge is 0.416 e. The fourth-order valence-electron chi connectivity index (χ4n) is 3.25. The molecule has 1 heterocycles. The first-order chi connectivity index (χ1) is 12.4. The van der Waals surface area contributed by atoms with Crippen LogP contribution < -0.4 is 4.90 Å². The number of benzene rings is 2. The number of hydrogen-bond donors (Lipinski definition) is 0. The highest BCUT2D eigenvalue weighted by Gasteiger charge is 2.31. The van der Waals surface area contributed by atoms with Crippen LogP contribution in [0.1, 0.15) is 22.3 Å². The number of aryl methyl sites for hydroxylation is 1. The van der Waals surface area contributed by atoms with Gasteiger partial charge in [0.2, 0.25) is 0 Å². The van der Waals surface area contributed by atoms with Gasteiger partial charge >= 0.3 is 6.18 Å². The molecule has 0 amide bonds. The Hall–Kier alpha value is -2.52. The van der Waals surface area contributed by atoms with E-state index in [1.165, 1.54) is 17.2 Å². The molecular formula is C20H20F3N3. The van der Waals surface area contributed by atoms with Crippen molar-refractivity contribution in [2.45, 2.75) is 19.6 Å². The van der Waals surface area contributed by atoms with Crippen molar-refractivity contribution in [2.24, 2.45) is 0 Å². The summed E-state index contributed by atoms with van der Waals surface area (Å²) in [7, 11) is 0. The Morgan fingerprint density at radius 2 is 1.73 bits per heavy atom. The summed E-state index contributed by atoms with van der Waals surface area (Å²) in [6.45, 7) is 5.93. The van der Waals surface area contributed by atoms with E-state index in [2.05, 4.69) is 24.0 Å². The highest BCUT2D eigenvalue weighted by molar-refractivity contribution is 5.61. The quantitative estimate of drug-likeness (QED) is 0.822. The second kappa shape index (κ2) is 7.38. The van der Waals surface area contributed by atoms with Crippen molar-refractivity contribution in [1.29, 1.82) is 5.26 Å². The van der Waals surface area contributed by atoms with Gasteiger partial charge in [0.15, 0.2) is 0 Å². The lowest BCUT2D eigenvalue weighted by Gasteiger charge is -2.36. The van der Waals surface area contributed by atoms with Crippen molar-refractivity contribution in [3.05, 3.63) is 64.7 Å². The van der Waals surface area contributed by atoms with E-state index < -0.39 is 11.7 Å². The Bertz CT molecular complexity index is 816. The van der Waals surface area contributed by atoms with E-state index in [1.54, 1.807) is 0 Å². The zero-order chi connectivity index (χ0) is 18.7. The van der Waals surface area contributed by atoms with Crippen LogP contribution >= 0.6 is 0 Å². The van der Waals surface area contributed by atoms with Crippen LogP contribution in [0.3, 0.4) is 0 Å². The number of hydrogen-bond acceptors (Lipinski definition) is 3. The zero-order valence-corrected chi connectivity index (χ0v) is 14.6. The lowest BCUT2D eigenvalue weighted by Crippen LogP contribution is -2.46. The molecule has 2 aromatic carbocycles. The van der Waals surface area contributed by atoms with Gasteiger partial charge in [0, 0.05) is 32.7 Å². The van der Waals surface area contributed by atoms with Crippen LogP contribution in [0.4, 0.5) is 18.9 Å². The number of rotatable bonds is 3. The van der Waals surface area contributed by atoms with Crippen molar-refractivity contribution in [3.63, 3.8) is 0 Å². The standard InChI is InChI=1S/C20H20F3N3/c1-15-4-2-3-5-16(15)14-25-8-10-26(11-9-25)19-7-6-18(20(21,22)23)12-17(19)13-24/h2-7,12H,8-11,14H2,1H3. The Balaban J connectivity index is 1.68. The lowest BCUT2D eigenvalue weighted by molar-refractivity contribution is -0.137. The minimum absolute atomic E-state index is 0.0761. The van der Waals surface area contributed by atoms with Gasteiger partial charge < -0.3 is 4.90 Å². The molecule has 136 valence electrons. The van der Waals surface area contributed by atoms with Gasteiger partial charge in [-0.15, -0.1) is 0 Å². The normalized spacial score (nSPS) is 15.7. The van der Waals surface area contributed by atoms with E-state index in [9.17, 15) is 18.4 Å². The van der Waals surface area contributed by atoms with Crippen molar-refractivity contribution in [1.82, 2.24) is 4.90 Å². The predicted octanol–water partition coefficient (Wildman–Crippen LogP) is 4.21. The molecular weight excluding hydrogens is 339 g/mol. The maximum Gasteiger partial charge on any atom is 0.416 e. The van der Waals surface area contributed by atoms with Gasteiger partial charge in [-0.05, 0) is 36.2 Å². The predicted molar refractivity (Wildman–Crippen MR) is 94.8 cm³/mol. The van der Waals surface area contributed by atoms with Gasteiger partial charge in [-0.25, -0.2) is 0 Å². The van der Waals surface area contributed by atoms with E-state index in [-0.39, 0.29) is 5.56 Å². The molecule has 2 aromatic rings. The number of alkyl halides is 3. The number of piperazine rings is 1. The van der Waals surface area contributed by atoms with Crippen LogP contribution in [0.15, 0.2) is 42.5 Å². The molecule has 0 saturated carbocycles. The smallest absolute Gasteiger partial charge is 0.368 e. The summed E-state index contributed by atoms with van der Waals surface area (Å²) in [6.07, 6.45) is -4.43. The van der Waals surface area contributed by atoms with E-state index in [4.69, 9.17) is 0 Å². The van der Waals surface area contributed by atoms with Gasteiger partial charge in [-0.1, -0.05) is 24.3 Å². The Morgan fingerprint density at radius 3 is 2.35 bits per heavy atom. The monoisotopic (exact) mass is 359 g/mol. The SMILES string of the molecule is Cc1ccccc1CN1CCN(c2ccc(C(F)(F)F)cc2C#N)CC1. The molecule has 0 unspecified atom stereocenters. The molecule has 0 aromatic heterocycles. The summed E-state index contributed by atoms with van der Waals surface area (Å²) in [5.41, 5.74) is 2.41. The van der Waals surface area contributed by atoms with Crippen LogP contribution in [0.25, 0.3) is 0 Å². The van der Waals surface area contributed by atoms with Gasteiger partial charge in [-0.3, -0.25) is 4.90 Å². The number of nitrogens with zero attached hydrogens (tertiary/aromatic N) is 3. The third-order valence-electron chi connectivity index (χ3n) is 4.81. The minimum Gasteiger partial charge on any atom is -0.368 e. The van der Waals surface area contributed by atoms with Crippen LogP contribution in [0.5, 0.6) is 0 Å². The maximum atomic E-state index is 12.8. The Kier molecular flexibility index (Phi) is 5.19. The van der Waals surface area contributed by atoms with Crippen LogP contribution in [-0.4, -0.2) is 31.1 Å². The summed E-state index contributed by atoms with van der Waals surface area (Å²) in [6, 6.07) is 13.6. The first-order valence-corrected chi connectivity index (χ1v) is 8.51. The summed E-state index contributed by atoms with van der Waals surface area (Å²) in [5.74, 6) is 0. The van der Waals surface area contributed by atoms with Gasteiger partial charge in [0.25, 0.3) is 0 Å². The molecule has 0 bridgehead atoms. The fraction of sp³-hybridized carbons (Fsp3) is 0.350. The molecule has 3 rings (SSSR count). The number of anilines is 1. The van der Waals surface area contributed by atoms with Crippen LogP contribution in [-0.2, 0) is 12.7 Å². The summed E-state index contributed by atoms with van der Waals surface area (Å²) in [4.78, 5) is 4.32. The maximum absolute atomic E-state index is 12.8. The summed E-state index contributed by atoms with van der Waals surface area (Å²) >= 11 is 0. The molecule has 26 heavy (non-hydrogen) atoms. The first-order valence-electron chi connectivity index (χ1n) is 8.51. The van der Waals surface area contributed by atoms with Crippen molar-refractivity contribution < 1.29 is 13.2 Å². The van der Waals surface area contributed by atoms with E-state index in [0.29, 0.717) is 18.8 Å². The van der Waals surface area contributed by atoms with Crippen LogP contribution in [0.2, 0.25) is 0 Å².